The van der Waals surface area contributed by atoms with Gasteiger partial charge in [-0.2, -0.15) is 0 Å². The number of hydrogen-bond acceptors (Lipinski definition) is 15. The molecular formula is C58H102N2O14. The molecule has 0 saturated carbocycles. The maximum Gasteiger partial charge on any atom is 0.410 e. The molecule has 428 valence electrons. The third-order valence-electron chi connectivity index (χ3n) is 13.9. The minimum Gasteiger partial charge on any atom is -0.465 e. The lowest BCUT2D eigenvalue weighted by Crippen LogP contribution is -2.37. The lowest BCUT2D eigenvalue weighted by atomic mass is 10.1. The van der Waals surface area contributed by atoms with Gasteiger partial charge in [0.2, 0.25) is 0 Å². The average Bonchev–Trinajstić information content (AvgIpc) is 3.64. The number of likely N-dealkylation sites (N-methyl/N-ethyl adjacent to an activating group) is 1. The van der Waals surface area contributed by atoms with Crippen LogP contribution in [-0.4, -0.2) is 130 Å². The van der Waals surface area contributed by atoms with Gasteiger partial charge in [0.1, 0.15) is 6.10 Å². The highest BCUT2D eigenvalue weighted by atomic mass is 16.6. The van der Waals surface area contributed by atoms with Gasteiger partial charge in [-0.15, -0.1) is 0 Å². The van der Waals surface area contributed by atoms with E-state index >= 15 is 0 Å². The number of carbonyl (C=O) groups excluding carboxylic acids is 7. The Bertz CT molecular complexity index is 1390. The van der Waals surface area contributed by atoms with Crippen LogP contribution in [0.3, 0.4) is 0 Å². The number of ether oxygens (including phenoxy) is 7. The zero-order chi connectivity index (χ0) is 54.0. The van der Waals surface area contributed by atoms with Crippen molar-refractivity contribution in [3.63, 3.8) is 0 Å². The fourth-order valence-electron chi connectivity index (χ4n) is 9.28. The summed E-state index contributed by atoms with van der Waals surface area (Å²) in [7, 11) is 1.98. The average molecular weight is 1050 g/mol. The number of nitrogens with zero attached hydrogens (tertiary/aromatic N) is 2. The SMILES string of the molecule is CCCCCCCCC(=O)OCC(COC(=O)CCCCCCCC)CC(=O)O[C@H]1CN(C(=O)OC2CCCCN(C)C2)C[C@H]1OC(=O)CC(COC(=O)CCCCCCCC)COC(=O)CCCCCCCC. The number of unbranched alkanes of at least 4 members (excludes halogenated alkanes) is 20. The van der Waals surface area contributed by atoms with Gasteiger partial charge in [0.25, 0.3) is 0 Å². The fourth-order valence-corrected chi connectivity index (χ4v) is 9.28. The molecule has 2 heterocycles. The van der Waals surface area contributed by atoms with E-state index in [0.29, 0.717) is 38.6 Å². The molecule has 0 N–H and O–H groups in total. The Hall–Kier alpha value is -3.95. The molecule has 0 bridgehead atoms. The molecule has 1 amide bonds. The van der Waals surface area contributed by atoms with E-state index in [2.05, 4.69) is 32.6 Å². The van der Waals surface area contributed by atoms with Crippen molar-refractivity contribution in [3.05, 3.63) is 0 Å². The van der Waals surface area contributed by atoms with Crippen LogP contribution in [0, 0.1) is 11.8 Å². The lowest BCUT2D eigenvalue weighted by Gasteiger charge is -2.23. The third-order valence-corrected chi connectivity index (χ3v) is 13.9. The maximum atomic E-state index is 13.9. The first-order valence-electron chi connectivity index (χ1n) is 29.5. The summed E-state index contributed by atoms with van der Waals surface area (Å²) in [5.41, 5.74) is 0. The molecule has 2 aliphatic heterocycles. The molecule has 2 fully saturated rings. The zero-order valence-electron chi connectivity index (χ0n) is 47.0. The Labute approximate surface area is 446 Å². The van der Waals surface area contributed by atoms with Gasteiger partial charge in [-0.05, 0) is 58.5 Å². The Morgan fingerprint density at radius 2 is 0.730 bits per heavy atom. The summed E-state index contributed by atoms with van der Waals surface area (Å²) in [6.45, 7) is 9.16. The summed E-state index contributed by atoms with van der Waals surface area (Å²) >= 11 is 0. The molecule has 16 heteroatoms. The van der Waals surface area contributed by atoms with Crippen LogP contribution in [0.2, 0.25) is 0 Å². The normalized spacial score (nSPS) is 17.0. The molecule has 0 radical (unpaired) electrons. The van der Waals surface area contributed by atoms with Crippen molar-refractivity contribution in [2.45, 2.75) is 258 Å². The van der Waals surface area contributed by atoms with E-state index in [9.17, 15) is 33.6 Å². The highest BCUT2D eigenvalue weighted by molar-refractivity contribution is 5.74. The number of hydrogen-bond donors (Lipinski definition) is 0. The Morgan fingerprint density at radius 3 is 1.07 bits per heavy atom. The number of amides is 1. The van der Waals surface area contributed by atoms with Gasteiger partial charge in [-0.1, -0.05) is 156 Å². The van der Waals surface area contributed by atoms with E-state index < -0.39 is 66.0 Å². The highest BCUT2D eigenvalue weighted by Gasteiger charge is 2.42. The number of carbonyl (C=O) groups is 7. The monoisotopic (exact) mass is 1050 g/mol. The van der Waals surface area contributed by atoms with Crippen molar-refractivity contribution in [1.82, 2.24) is 9.80 Å². The molecule has 2 aliphatic rings. The third kappa shape index (κ3) is 33.9. The summed E-state index contributed by atoms with van der Waals surface area (Å²) in [5, 5.41) is 0. The Morgan fingerprint density at radius 1 is 0.405 bits per heavy atom. The predicted molar refractivity (Wildman–Crippen MR) is 285 cm³/mol. The predicted octanol–water partition coefficient (Wildman–Crippen LogP) is 11.9. The Kier molecular flexibility index (Phi) is 38.6. The molecule has 74 heavy (non-hydrogen) atoms. The number of likely N-dealkylation sites (tertiary alicyclic amines) is 2. The summed E-state index contributed by atoms with van der Waals surface area (Å²) in [6.07, 6.45) is 24.0. The van der Waals surface area contributed by atoms with Crippen LogP contribution < -0.4 is 0 Å². The van der Waals surface area contributed by atoms with Gasteiger partial charge >= 0.3 is 41.9 Å². The molecule has 0 spiro atoms. The molecule has 0 aromatic carbocycles. The first-order chi connectivity index (χ1) is 35.9. The van der Waals surface area contributed by atoms with Crippen LogP contribution in [0.5, 0.6) is 0 Å². The van der Waals surface area contributed by atoms with Crippen LogP contribution in [-0.2, 0) is 61.9 Å². The smallest absolute Gasteiger partial charge is 0.410 e. The van der Waals surface area contributed by atoms with Gasteiger partial charge in [-0.3, -0.25) is 28.8 Å². The van der Waals surface area contributed by atoms with Gasteiger partial charge in [0.15, 0.2) is 12.2 Å². The quantitative estimate of drug-likeness (QED) is 0.0318. The highest BCUT2D eigenvalue weighted by Crippen LogP contribution is 2.24. The summed E-state index contributed by atoms with van der Waals surface area (Å²) in [5.74, 6) is -4.44. The molecule has 2 rings (SSSR count). The van der Waals surface area contributed by atoms with Gasteiger partial charge in [-0.25, -0.2) is 4.79 Å². The molecule has 2 saturated heterocycles. The van der Waals surface area contributed by atoms with Gasteiger partial charge in [0, 0.05) is 44.1 Å². The van der Waals surface area contributed by atoms with Crippen LogP contribution in [0.25, 0.3) is 0 Å². The van der Waals surface area contributed by atoms with Gasteiger partial charge in [0.05, 0.1) is 52.4 Å². The van der Waals surface area contributed by atoms with E-state index in [4.69, 9.17) is 33.2 Å². The first kappa shape index (κ1) is 66.2. The van der Waals surface area contributed by atoms with Crippen LogP contribution >= 0.6 is 0 Å². The van der Waals surface area contributed by atoms with Crippen molar-refractivity contribution >= 4 is 41.9 Å². The second-order valence-electron chi connectivity index (χ2n) is 21.2. The van der Waals surface area contributed by atoms with Crippen molar-refractivity contribution < 1.29 is 66.7 Å². The summed E-state index contributed by atoms with van der Waals surface area (Å²) in [6, 6.07) is 0. The molecule has 0 aromatic rings. The minimum atomic E-state index is -1.09. The number of esters is 6. The summed E-state index contributed by atoms with van der Waals surface area (Å²) < 4.78 is 40.4. The molecule has 3 atom stereocenters. The molecule has 1 unspecified atom stereocenters. The van der Waals surface area contributed by atoms with Crippen LogP contribution in [0.15, 0.2) is 0 Å². The van der Waals surface area contributed by atoms with Crippen molar-refractivity contribution in [2.75, 3.05) is 59.7 Å². The number of rotatable bonds is 43. The van der Waals surface area contributed by atoms with E-state index in [1.165, 1.54) is 4.90 Å². The minimum absolute atomic E-state index is 0.119. The molecule has 16 nitrogen and oxygen atoms in total. The standard InChI is InChI=1S/C58H102N2O14/c1-6-10-14-18-22-26-33-52(61)68-43-47(44-69-53(62)34-27-23-19-15-11-7-2)38-56(65)73-50-41-60(58(67)72-49-32-30-31-37-59(5)40-49)42-51(50)74-57(66)39-48(45-70-54(63)35-28-24-20-16-12-8-3)46-71-55(64)36-29-25-21-17-13-9-4/h47-51H,6-46H2,1-5H3/t49?,50-,51+. The van der Waals surface area contributed by atoms with E-state index in [-0.39, 0.29) is 84.1 Å². The maximum absolute atomic E-state index is 13.9. The van der Waals surface area contributed by atoms with Gasteiger partial charge < -0.3 is 43.0 Å². The van der Waals surface area contributed by atoms with E-state index in [1.807, 2.05) is 7.05 Å². The second-order valence-corrected chi connectivity index (χ2v) is 21.2. The summed E-state index contributed by atoms with van der Waals surface area (Å²) in [4.78, 5) is 96.2. The topological polar surface area (TPSA) is 191 Å². The van der Waals surface area contributed by atoms with Crippen LogP contribution in [0.1, 0.15) is 240 Å². The Balaban J connectivity index is 2.21. The van der Waals surface area contributed by atoms with Crippen LogP contribution in [0.4, 0.5) is 4.79 Å². The zero-order valence-corrected chi connectivity index (χ0v) is 47.0. The molecule has 0 aliphatic carbocycles. The van der Waals surface area contributed by atoms with Crippen molar-refractivity contribution in [3.8, 4) is 0 Å². The largest absolute Gasteiger partial charge is 0.465 e. The van der Waals surface area contributed by atoms with E-state index in [0.717, 1.165) is 148 Å². The fraction of sp³-hybridized carbons (Fsp3) is 0.879. The van der Waals surface area contributed by atoms with Crippen molar-refractivity contribution in [2.24, 2.45) is 11.8 Å². The van der Waals surface area contributed by atoms with Crippen molar-refractivity contribution in [1.29, 1.82) is 0 Å². The lowest BCUT2D eigenvalue weighted by molar-refractivity contribution is -0.167. The molecular weight excluding hydrogens is 949 g/mol. The first-order valence-corrected chi connectivity index (χ1v) is 29.5. The molecule has 0 aromatic heterocycles. The van der Waals surface area contributed by atoms with E-state index in [1.54, 1.807) is 0 Å². The second kappa shape index (κ2) is 43.2.